The van der Waals surface area contributed by atoms with Crippen molar-refractivity contribution in [2.24, 2.45) is 0 Å². The number of hydrogen-bond acceptors (Lipinski definition) is 2. The minimum atomic E-state index is 1.24. The van der Waals surface area contributed by atoms with E-state index < -0.39 is 0 Å². The van der Waals surface area contributed by atoms with Crippen molar-refractivity contribution in [2.75, 3.05) is 0 Å². The Morgan fingerprint density at radius 3 is 1.76 bits per heavy atom. The second kappa shape index (κ2) is 7.17. The Labute approximate surface area is 136 Å². The summed E-state index contributed by atoms with van der Waals surface area (Å²) in [6.45, 7) is 0. The predicted molar refractivity (Wildman–Crippen MR) is 96.9 cm³/mol. The lowest BCUT2D eigenvalue weighted by molar-refractivity contribution is 1.27. The Hall–Kier alpha value is -1.21. The molecule has 21 heavy (non-hydrogen) atoms. The van der Waals surface area contributed by atoms with Crippen molar-refractivity contribution in [2.45, 2.75) is 19.6 Å². The van der Waals surface area contributed by atoms with Gasteiger partial charge in [0.05, 0.1) is 0 Å². The third-order valence-corrected chi connectivity index (χ3v) is 6.00. The van der Waals surface area contributed by atoms with Gasteiger partial charge in [-0.05, 0) is 35.6 Å². The molecule has 1 unspecified atom stereocenters. The lowest BCUT2D eigenvalue weighted by Gasteiger charge is -2.11. The molecule has 104 valence electrons. The largest absolute Gasteiger partial charge is 0.104 e. The van der Waals surface area contributed by atoms with Gasteiger partial charge in [0.25, 0.3) is 0 Å². The Kier molecular flexibility index (Phi) is 5.03. The molecule has 0 nitrogen and oxygen atoms in total. The van der Waals surface area contributed by atoms with E-state index in [1.165, 1.54) is 24.9 Å². The van der Waals surface area contributed by atoms with E-state index in [4.69, 9.17) is 0 Å². The van der Waals surface area contributed by atoms with E-state index in [-0.39, 0.29) is 0 Å². The van der Waals surface area contributed by atoms with Gasteiger partial charge < -0.3 is 0 Å². The van der Waals surface area contributed by atoms with Crippen LogP contribution in [0.4, 0.5) is 0 Å². The summed E-state index contributed by atoms with van der Waals surface area (Å²) in [6, 6.07) is 27.5. The van der Waals surface area contributed by atoms with E-state index in [9.17, 15) is 0 Å². The quantitative estimate of drug-likeness (QED) is 0.582. The molecule has 0 saturated heterocycles. The number of hydrogen-bond donors (Lipinski definition) is 0. The van der Waals surface area contributed by atoms with Gasteiger partial charge in [-0.3, -0.25) is 0 Å². The molecule has 0 aliphatic carbocycles. The average Bonchev–Trinajstić information content (AvgIpc) is 2.53. The molecule has 0 saturated carbocycles. The smallest absolute Gasteiger partial charge is 0.0333 e. The third-order valence-electron chi connectivity index (χ3n) is 2.94. The summed E-state index contributed by atoms with van der Waals surface area (Å²) in [5.74, 6) is 0. The van der Waals surface area contributed by atoms with Crippen LogP contribution in [0.25, 0.3) is 0 Å². The molecular weight excluding hydrogens is 311 g/mol. The van der Waals surface area contributed by atoms with Crippen LogP contribution in [0.2, 0.25) is 0 Å². The highest BCUT2D eigenvalue weighted by molar-refractivity contribution is 8.02. The molecule has 0 fully saturated rings. The summed E-state index contributed by atoms with van der Waals surface area (Å²) in [7, 11) is 2.85. The Bertz CT molecular complexity index is 712. The topological polar surface area (TPSA) is 0 Å². The zero-order valence-corrected chi connectivity index (χ0v) is 14.2. The second-order valence-electron chi connectivity index (χ2n) is 4.50. The molecule has 3 aromatic rings. The van der Waals surface area contributed by atoms with Crippen LogP contribution in [-0.4, -0.2) is 0 Å². The summed E-state index contributed by atoms with van der Waals surface area (Å²) in [5, 5.41) is 1.24. The minimum absolute atomic E-state index is 1.24. The van der Waals surface area contributed by atoms with E-state index in [0.29, 0.717) is 0 Å². The van der Waals surface area contributed by atoms with E-state index in [1.54, 1.807) is 0 Å². The SMILES string of the molecule is Pc1cccc(Sc2ccccc2)c1Sc1ccccc1. The van der Waals surface area contributed by atoms with Gasteiger partial charge in [0.1, 0.15) is 0 Å². The van der Waals surface area contributed by atoms with Gasteiger partial charge in [-0.25, -0.2) is 0 Å². The van der Waals surface area contributed by atoms with Crippen molar-refractivity contribution >= 4 is 38.1 Å². The van der Waals surface area contributed by atoms with E-state index in [1.807, 2.05) is 23.5 Å². The van der Waals surface area contributed by atoms with Crippen molar-refractivity contribution in [1.29, 1.82) is 0 Å². The Balaban J connectivity index is 1.92. The monoisotopic (exact) mass is 326 g/mol. The molecule has 0 aliphatic rings. The zero-order valence-electron chi connectivity index (χ0n) is 11.4. The molecular formula is C18H15PS2. The average molecular weight is 326 g/mol. The van der Waals surface area contributed by atoms with Crippen molar-refractivity contribution in [1.82, 2.24) is 0 Å². The summed E-state index contributed by atoms with van der Waals surface area (Å²) >= 11 is 3.63. The van der Waals surface area contributed by atoms with Crippen LogP contribution in [0.3, 0.4) is 0 Å². The second-order valence-corrected chi connectivity index (χ2v) is 7.33. The zero-order chi connectivity index (χ0) is 14.5. The summed E-state index contributed by atoms with van der Waals surface area (Å²) < 4.78 is 0. The highest BCUT2D eigenvalue weighted by Gasteiger charge is 2.09. The minimum Gasteiger partial charge on any atom is -0.104 e. The van der Waals surface area contributed by atoms with Crippen LogP contribution in [0.1, 0.15) is 0 Å². The molecule has 1 atom stereocenters. The van der Waals surface area contributed by atoms with Crippen LogP contribution < -0.4 is 5.30 Å². The van der Waals surface area contributed by atoms with Gasteiger partial charge in [0.2, 0.25) is 0 Å². The first-order valence-corrected chi connectivity index (χ1v) is 8.88. The van der Waals surface area contributed by atoms with E-state index in [2.05, 4.69) is 88.1 Å². The molecule has 3 aromatic carbocycles. The maximum absolute atomic E-state index is 2.85. The van der Waals surface area contributed by atoms with E-state index >= 15 is 0 Å². The van der Waals surface area contributed by atoms with Crippen molar-refractivity contribution in [3.05, 3.63) is 78.9 Å². The highest BCUT2D eigenvalue weighted by atomic mass is 32.2. The first-order valence-electron chi connectivity index (χ1n) is 6.67. The molecule has 3 heteroatoms. The molecule has 0 aromatic heterocycles. The fourth-order valence-electron chi connectivity index (χ4n) is 1.94. The first-order chi connectivity index (χ1) is 10.3. The van der Waals surface area contributed by atoms with Crippen molar-refractivity contribution in [3.63, 3.8) is 0 Å². The van der Waals surface area contributed by atoms with Crippen LogP contribution in [0.15, 0.2) is 98.4 Å². The first kappa shape index (κ1) is 14.7. The fraction of sp³-hybridized carbons (Fsp3) is 0. The number of rotatable bonds is 4. The molecule has 0 aliphatic heterocycles. The fourth-order valence-corrected chi connectivity index (χ4v) is 4.53. The molecule has 3 rings (SSSR count). The van der Waals surface area contributed by atoms with Gasteiger partial charge in [-0.2, -0.15) is 0 Å². The summed E-state index contributed by atoms with van der Waals surface area (Å²) in [5.41, 5.74) is 0. The summed E-state index contributed by atoms with van der Waals surface area (Å²) in [4.78, 5) is 5.13. The van der Waals surface area contributed by atoms with Crippen molar-refractivity contribution in [3.8, 4) is 0 Å². The van der Waals surface area contributed by atoms with Crippen LogP contribution >= 0.6 is 32.8 Å². The maximum Gasteiger partial charge on any atom is 0.0333 e. The Morgan fingerprint density at radius 2 is 1.14 bits per heavy atom. The summed E-state index contributed by atoms with van der Waals surface area (Å²) in [6.07, 6.45) is 0. The van der Waals surface area contributed by atoms with Crippen molar-refractivity contribution < 1.29 is 0 Å². The van der Waals surface area contributed by atoms with Gasteiger partial charge in [0.15, 0.2) is 0 Å². The third kappa shape index (κ3) is 3.91. The van der Waals surface area contributed by atoms with E-state index in [0.717, 1.165) is 0 Å². The molecule has 0 bridgehead atoms. The standard InChI is InChI=1S/C18H15PS2/c19-16-12-7-13-17(20-14-8-3-1-4-9-14)18(16)21-15-10-5-2-6-11-15/h1-13H,19H2. The lowest BCUT2D eigenvalue weighted by atomic mass is 10.3. The van der Waals surface area contributed by atoms with Gasteiger partial charge in [-0.1, -0.05) is 72.1 Å². The van der Waals surface area contributed by atoms with Gasteiger partial charge in [0, 0.05) is 19.6 Å². The predicted octanol–water partition coefficient (Wildman–Crippen LogP) is 5.49. The molecule has 0 amide bonds. The van der Waals surface area contributed by atoms with Crippen LogP contribution in [0.5, 0.6) is 0 Å². The molecule has 0 spiro atoms. The maximum atomic E-state index is 2.85. The van der Waals surface area contributed by atoms with Gasteiger partial charge in [-0.15, -0.1) is 9.24 Å². The Morgan fingerprint density at radius 1 is 0.571 bits per heavy atom. The highest BCUT2D eigenvalue weighted by Crippen LogP contribution is 2.38. The molecule has 0 radical (unpaired) electrons. The normalized spacial score (nSPS) is 10.5. The number of benzene rings is 3. The van der Waals surface area contributed by atoms with Gasteiger partial charge >= 0.3 is 0 Å². The molecule has 0 N–H and O–H groups in total. The van der Waals surface area contributed by atoms with Crippen LogP contribution in [0, 0.1) is 0 Å². The lowest BCUT2D eigenvalue weighted by Crippen LogP contribution is -1.96. The van der Waals surface area contributed by atoms with Crippen LogP contribution in [-0.2, 0) is 0 Å². The molecule has 0 heterocycles.